The van der Waals surface area contributed by atoms with E-state index in [1.54, 1.807) is 23.3 Å². The van der Waals surface area contributed by atoms with Crippen LogP contribution in [0.1, 0.15) is 51.1 Å². The van der Waals surface area contributed by atoms with E-state index in [4.69, 9.17) is 18.9 Å². The molecule has 0 saturated carbocycles. The van der Waals surface area contributed by atoms with E-state index in [9.17, 15) is 4.79 Å². The van der Waals surface area contributed by atoms with Crippen LogP contribution in [-0.2, 0) is 4.74 Å². The Hall–Kier alpha value is -3.07. The van der Waals surface area contributed by atoms with Gasteiger partial charge in [-0.15, -0.1) is 0 Å². The van der Waals surface area contributed by atoms with Crippen LogP contribution >= 0.6 is 11.3 Å². The maximum atomic E-state index is 12.3. The number of ether oxygens (including phenoxy) is 2. The fourth-order valence-electron chi connectivity index (χ4n) is 4.24. The first kappa shape index (κ1) is 21.8. The Labute approximate surface area is 196 Å². The molecule has 0 aliphatic carbocycles. The summed E-state index contributed by atoms with van der Waals surface area (Å²) in [6, 6.07) is 3.99. The molecule has 0 atom stereocenters. The van der Waals surface area contributed by atoms with Gasteiger partial charge in [-0.3, -0.25) is 4.40 Å². The van der Waals surface area contributed by atoms with E-state index in [1.807, 2.05) is 39.8 Å². The number of piperidine rings is 1. The number of rotatable bonds is 3. The molecule has 3 aromatic heterocycles. The molecule has 1 saturated heterocycles. The Morgan fingerprint density at radius 2 is 1.94 bits per heavy atom. The average molecular weight is 469 g/mol. The summed E-state index contributed by atoms with van der Waals surface area (Å²) in [7, 11) is 1.64. The highest BCUT2D eigenvalue weighted by atomic mass is 32.1. The van der Waals surface area contributed by atoms with Crippen molar-refractivity contribution in [3.63, 3.8) is 0 Å². The zero-order valence-electron chi connectivity index (χ0n) is 19.5. The minimum Gasteiger partial charge on any atom is -0.494 e. The van der Waals surface area contributed by atoms with Crippen LogP contribution in [0.3, 0.4) is 0 Å². The third-order valence-corrected chi connectivity index (χ3v) is 6.86. The van der Waals surface area contributed by atoms with E-state index < -0.39 is 5.60 Å². The number of aryl methyl sites for hydroxylation is 1. The highest BCUT2D eigenvalue weighted by molar-refractivity contribution is 7.20. The minimum atomic E-state index is -0.472. The molecule has 33 heavy (non-hydrogen) atoms. The number of carbonyl (C=O) groups is 1. The lowest BCUT2D eigenvalue weighted by Crippen LogP contribution is -2.41. The van der Waals surface area contributed by atoms with Crippen molar-refractivity contribution in [1.82, 2.24) is 19.3 Å². The third kappa shape index (κ3) is 4.29. The Morgan fingerprint density at radius 1 is 1.18 bits per heavy atom. The molecule has 1 aromatic carbocycles. The maximum Gasteiger partial charge on any atom is 0.410 e. The zero-order chi connectivity index (χ0) is 23.3. The second-order valence-electron chi connectivity index (χ2n) is 9.45. The molecule has 8 nitrogen and oxygen atoms in total. The van der Waals surface area contributed by atoms with Gasteiger partial charge in [0, 0.05) is 43.9 Å². The van der Waals surface area contributed by atoms with Crippen LogP contribution in [0.4, 0.5) is 4.79 Å². The number of imidazole rings is 1. The summed E-state index contributed by atoms with van der Waals surface area (Å²) in [5, 5.41) is 0. The van der Waals surface area contributed by atoms with Crippen LogP contribution in [0.5, 0.6) is 5.75 Å². The van der Waals surface area contributed by atoms with Gasteiger partial charge in [-0.25, -0.2) is 14.8 Å². The normalized spacial score (nSPS) is 15.5. The SMILES string of the molecule is COc1cc(-c2cn3cc(C4CCN(C(=O)OC(C)(C)C)CC4)nc3s2)cc2oc(C)nc12. The fraction of sp³-hybridized carbons (Fsp3) is 0.458. The quantitative estimate of drug-likeness (QED) is 0.387. The number of methoxy groups -OCH3 is 1. The highest BCUT2D eigenvalue weighted by Gasteiger charge is 2.28. The molecule has 5 rings (SSSR count). The van der Waals surface area contributed by atoms with Crippen LogP contribution in [0.25, 0.3) is 26.5 Å². The summed E-state index contributed by atoms with van der Waals surface area (Å²) in [6.07, 6.45) is 5.74. The highest BCUT2D eigenvalue weighted by Crippen LogP contribution is 2.37. The van der Waals surface area contributed by atoms with Gasteiger partial charge in [0.1, 0.15) is 11.4 Å². The fourth-order valence-corrected chi connectivity index (χ4v) is 5.20. The van der Waals surface area contributed by atoms with Gasteiger partial charge in [0.05, 0.1) is 17.7 Å². The number of fused-ring (bicyclic) bond motifs is 2. The molecule has 0 unspecified atom stereocenters. The zero-order valence-corrected chi connectivity index (χ0v) is 20.4. The summed E-state index contributed by atoms with van der Waals surface area (Å²) in [5.74, 6) is 1.65. The first-order chi connectivity index (χ1) is 15.7. The topological polar surface area (TPSA) is 82.1 Å². The van der Waals surface area contributed by atoms with Crippen molar-refractivity contribution in [2.75, 3.05) is 20.2 Å². The van der Waals surface area contributed by atoms with Crippen molar-refractivity contribution in [1.29, 1.82) is 0 Å². The first-order valence-electron chi connectivity index (χ1n) is 11.1. The van der Waals surface area contributed by atoms with E-state index >= 15 is 0 Å². The lowest BCUT2D eigenvalue weighted by Gasteiger charge is -2.32. The van der Waals surface area contributed by atoms with Crippen molar-refractivity contribution in [3.8, 4) is 16.2 Å². The summed E-state index contributed by atoms with van der Waals surface area (Å²) < 4.78 is 18.8. The number of hydrogen-bond donors (Lipinski definition) is 0. The number of oxazole rings is 1. The van der Waals surface area contributed by atoms with E-state index in [2.05, 4.69) is 21.8 Å². The van der Waals surface area contributed by atoms with Crippen LogP contribution in [0, 0.1) is 6.92 Å². The molecule has 4 heterocycles. The largest absolute Gasteiger partial charge is 0.494 e. The lowest BCUT2D eigenvalue weighted by molar-refractivity contribution is 0.0204. The number of likely N-dealkylation sites (tertiary alicyclic amines) is 1. The smallest absolute Gasteiger partial charge is 0.410 e. The molecule has 1 aliphatic heterocycles. The summed E-state index contributed by atoms with van der Waals surface area (Å²) >= 11 is 1.63. The first-order valence-corrected chi connectivity index (χ1v) is 11.9. The molecule has 174 valence electrons. The van der Waals surface area contributed by atoms with Crippen LogP contribution < -0.4 is 4.74 Å². The maximum absolute atomic E-state index is 12.3. The predicted octanol–water partition coefficient (Wildman–Crippen LogP) is 5.64. The van der Waals surface area contributed by atoms with Crippen molar-refractivity contribution >= 4 is 33.5 Å². The number of hydrogen-bond acceptors (Lipinski definition) is 7. The van der Waals surface area contributed by atoms with Gasteiger partial charge in [0.25, 0.3) is 0 Å². The molecule has 0 N–H and O–H groups in total. The van der Waals surface area contributed by atoms with Crippen LogP contribution in [-0.4, -0.2) is 51.2 Å². The number of carbonyl (C=O) groups excluding carboxylic acids is 1. The van der Waals surface area contributed by atoms with Crippen LogP contribution in [0.2, 0.25) is 0 Å². The van der Waals surface area contributed by atoms with Crippen molar-refractivity contribution in [2.45, 2.75) is 52.1 Å². The Morgan fingerprint density at radius 3 is 2.61 bits per heavy atom. The van der Waals surface area contributed by atoms with E-state index in [0.717, 1.165) is 39.5 Å². The molecule has 9 heteroatoms. The summed E-state index contributed by atoms with van der Waals surface area (Å²) in [5.41, 5.74) is 3.07. The molecule has 1 aliphatic rings. The third-order valence-electron chi connectivity index (χ3n) is 5.81. The van der Waals surface area contributed by atoms with Crippen molar-refractivity contribution in [3.05, 3.63) is 36.1 Å². The second-order valence-corrected chi connectivity index (χ2v) is 10.5. The Kier molecular flexibility index (Phi) is 5.31. The van der Waals surface area contributed by atoms with E-state index in [-0.39, 0.29) is 6.09 Å². The number of amides is 1. The van der Waals surface area contributed by atoms with Crippen molar-refractivity contribution < 1.29 is 18.7 Å². The molecular weight excluding hydrogens is 440 g/mol. The number of thiazole rings is 1. The second kappa shape index (κ2) is 8.06. The van der Waals surface area contributed by atoms with Gasteiger partial charge < -0.3 is 18.8 Å². The van der Waals surface area contributed by atoms with Gasteiger partial charge in [-0.05, 0) is 45.7 Å². The predicted molar refractivity (Wildman–Crippen MR) is 127 cm³/mol. The number of aromatic nitrogens is 3. The van der Waals surface area contributed by atoms with Gasteiger partial charge in [-0.1, -0.05) is 11.3 Å². The molecule has 0 spiro atoms. The monoisotopic (exact) mass is 468 g/mol. The molecule has 1 fully saturated rings. The standard InChI is InChI=1S/C24H28N4O4S/c1-14-25-21-18(30-5)10-16(11-19(21)31-14)20-13-28-12-17(26-22(28)33-20)15-6-8-27(9-7-15)23(29)32-24(2,3)4/h10-13,15H,6-9H2,1-5H3. The average Bonchev–Trinajstić information content (AvgIpc) is 3.43. The summed E-state index contributed by atoms with van der Waals surface area (Å²) in [6.45, 7) is 8.88. The van der Waals surface area contributed by atoms with Gasteiger partial charge in [0.2, 0.25) is 0 Å². The van der Waals surface area contributed by atoms with Gasteiger partial charge in [0.15, 0.2) is 22.0 Å². The molecular formula is C24H28N4O4S. The molecule has 1 amide bonds. The van der Waals surface area contributed by atoms with Gasteiger partial charge >= 0.3 is 6.09 Å². The Balaban J connectivity index is 1.33. The van der Waals surface area contributed by atoms with E-state index in [0.29, 0.717) is 36.2 Å². The molecule has 0 bridgehead atoms. The van der Waals surface area contributed by atoms with Gasteiger partial charge in [-0.2, -0.15) is 0 Å². The minimum absolute atomic E-state index is 0.231. The number of benzene rings is 1. The molecule has 4 aromatic rings. The summed E-state index contributed by atoms with van der Waals surface area (Å²) in [4.78, 5) is 25.5. The number of nitrogens with zero attached hydrogens (tertiary/aromatic N) is 4. The molecule has 0 radical (unpaired) electrons. The van der Waals surface area contributed by atoms with Crippen LogP contribution in [0.15, 0.2) is 28.9 Å². The van der Waals surface area contributed by atoms with Crippen molar-refractivity contribution in [2.24, 2.45) is 0 Å². The lowest BCUT2D eigenvalue weighted by atomic mass is 9.94. The Bertz CT molecular complexity index is 1290. The van der Waals surface area contributed by atoms with E-state index in [1.165, 1.54) is 0 Å².